The van der Waals surface area contributed by atoms with E-state index in [1.165, 1.54) is 0 Å². The molecule has 0 saturated carbocycles. The molecule has 0 amide bonds. The molecule has 3 heteroatoms. The molecular formula is C5H13Cl2N. The van der Waals surface area contributed by atoms with Crippen LogP contribution >= 0.6 is 24.0 Å². The third kappa shape index (κ3) is 4.69. The Morgan fingerprint density at radius 1 is 1.62 bits per heavy atom. The van der Waals surface area contributed by atoms with E-state index in [-0.39, 0.29) is 23.8 Å². The quantitative estimate of drug-likeness (QED) is 0.609. The van der Waals surface area contributed by atoms with Crippen LogP contribution in [-0.2, 0) is 0 Å². The SMILES string of the molecule is CCC(Cl)C(C)N.Cl. The van der Waals surface area contributed by atoms with Crippen molar-refractivity contribution in [1.29, 1.82) is 0 Å². The van der Waals surface area contributed by atoms with Crippen LogP contribution in [0.4, 0.5) is 0 Å². The van der Waals surface area contributed by atoms with Gasteiger partial charge < -0.3 is 5.73 Å². The van der Waals surface area contributed by atoms with Gasteiger partial charge >= 0.3 is 0 Å². The van der Waals surface area contributed by atoms with E-state index in [0.29, 0.717) is 0 Å². The Hall–Kier alpha value is 0.540. The van der Waals surface area contributed by atoms with Gasteiger partial charge in [-0.15, -0.1) is 24.0 Å². The third-order valence-corrected chi connectivity index (χ3v) is 1.67. The first kappa shape index (κ1) is 11.4. The van der Waals surface area contributed by atoms with Gasteiger partial charge in [-0.1, -0.05) is 6.92 Å². The van der Waals surface area contributed by atoms with Gasteiger partial charge in [0.1, 0.15) is 0 Å². The van der Waals surface area contributed by atoms with E-state index in [4.69, 9.17) is 17.3 Å². The van der Waals surface area contributed by atoms with Crippen LogP contribution in [0.15, 0.2) is 0 Å². The Balaban J connectivity index is 0. The molecule has 2 N–H and O–H groups in total. The van der Waals surface area contributed by atoms with Crippen LogP contribution < -0.4 is 5.73 Å². The average molecular weight is 158 g/mol. The van der Waals surface area contributed by atoms with Crippen molar-refractivity contribution in [1.82, 2.24) is 0 Å². The standard InChI is InChI=1S/C5H12ClN.ClH/c1-3-5(6)4(2)7;/h4-5H,3,7H2,1-2H3;1H. The summed E-state index contributed by atoms with van der Waals surface area (Å²) in [4.78, 5) is 0. The molecule has 1 nitrogen and oxygen atoms in total. The zero-order valence-corrected chi connectivity index (χ0v) is 6.80. The highest BCUT2D eigenvalue weighted by Crippen LogP contribution is 2.02. The Morgan fingerprint density at radius 2 is 2.00 bits per heavy atom. The second kappa shape index (κ2) is 5.67. The Labute approximate surface area is 62.0 Å². The monoisotopic (exact) mass is 157 g/mol. The fourth-order valence-electron chi connectivity index (χ4n) is 0.372. The van der Waals surface area contributed by atoms with Crippen LogP contribution in [-0.4, -0.2) is 11.4 Å². The van der Waals surface area contributed by atoms with Gasteiger partial charge in [-0.05, 0) is 13.3 Å². The minimum atomic E-state index is 0. The molecule has 2 atom stereocenters. The van der Waals surface area contributed by atoms with Crippen molar-refractivity contribution in [3.05, 3.63) is 0 Å². The number of hydrogen-bond donors (Lipinski definition) is 1. The van der Waals surface area contributed by atoms with Gasteiger partial charge in [0.15, 0.2) is 0 Å². The molecule has 0 spiro atoms. The smallest absolute Gasteiger partial charge is 0.0481 e. The van der Waals surface area contributed by atoms with Crippen LogP contribution in [0.5, 0.6) is 0 Å². The van der Waals surface area contributed by atoms with E-state index >= 15 is 0 Å². The first-order valence-corrected chi connectivity index (χ1v) is 3.01. The summed E-state index contributed by atoms with van der Waals surface area (Å²) < 4.78 is 0. The van der Waals surface area contributed by atoms with Gasteiger partial charge in [-0.25, -0.2) is 0 Å². The molecule has 0 bridgehead atoms. The molecule has 0 fully saturated rings. The van der Waals surface area contributed by atoms with E-state index in [1.807, 2.05) is 13.8 Å². The maximum Gasteiger partial charge on any atom is 0.0481 e. The molecular weight excluding hydrogens is 145 g/mol. The molecule has 0 heterocycles. The first-order valence-electron chi connectivity index (χ1n) is 2.58. The van der Waals surface area contributed by atoms with Crippen molar-refractivity contribution in [3.63, 3.8) is 0 Å². The molecule has 52 valence electrons. The van der Waals surface area contributed by atoms with E-state index in [9.17, 15) is 0 Å². The number of rotatable bonds is 2. The van der Waals surface area contributed by atoms with E-state index in [1.54, 1.807) is 0 Å². The van der Waals surface area contributed by atoms with Crippen molar-refractivity contribution >= 4 is 24.0 Å². The van der Waals surface area contributed by atoms with Crippen molar-refractivity contribution in [2.45, 2.75) is 31.7 Å². The van der Waals surface area contributed by atoms with Gasteiger partial charge in [0.25, 0.3) is 0 Å². The molecule has 2 unspecified atom stereocenters. The normalized spacial score (nSPS) is 16.5. The summed E-state index contributed by atoms with van der Waals surface area (Å²) in [6, 6.07) is 0.131. The van der Waals surface area contributed by atoms with Crippen molar-refractivity contribution < 1.29 is 0 Å². The summed E-state index contributed by atoms with van der Waals surface area (Å²) in [6.07, 6.45) is 0.958. The maximum atomic E-state index is 5.68. The predicted molar refractivity (Wildman–Crippen MR) is 40.8 cm³/mol. The van der Waals surface area contributed by atoms with Crippen molar-refractivity contribution in [2.75, 3.05) is 0 Å². The van der Waals surface area contributed by atoms with E-state index in [2.05, 4.69) is 0 Å². The summed E-state index contributed by atoms with van der Waals surface area (Å²) in [5.74, 6) is 0. The molecule has 0 aliphatic heterocycles. The first-order chi connectivity index (χ1) is 3.18. The lowest BCUT2D eigenvalue weighted by atomic mass is 10.2. The van der Waals surface area contributed by atoms with Crippen LogP contribution in [0.1, 0.15) is 20.3 Å². The summed E-state index contributed by atoms with van der Waals surface area (Å²) >= 11 is 5.68. The number of nitrogens with two attached hydrogens (primary N) is 1. The Bertz CT molecular complexity index is 47.7. The minimum absolute atomic E-state index is 0. The van der Waals surface area contributed by atoms with Crippen LogP contribution in [0.25, 0.3) is 0 Å². The molecule has 0 aromatic heterocycles. The molecule has 0 rings (SSSR count). The lowest BCUT2D eigenvalue weighted by molar-refractivity contribution is 0.662. The lowest BCUT2D eigenvalue weighted by Gasteiger charge is -2.08. The van der Waals surface area contributed by atoms with Gasteiger partial charge in [0.2, 0.25) is 0 Å². The number of hydrogen-bond acceptors (Lipinski definition) is 1. The average Bonchev–Trinajstić information content (AvgIpc) is 1.65. The van der Waals surface area contributed by atoms with Crippen LogP contribution in [0, 0.1) is 0 Å². The van der Waals surface area contributed by atoms with Crippen molar-refractivity contribution in [3.8, 4) is 0 Å². The van der Waals surface area contributed by atoms with Gasteiger partial charge in [0.05, 0.1) is 0 Å². The highest BCUT2D eigenvalue weighted by molar-refractivity contribution is 6.21. The van der Waals surface area contributed by atoms with E-state index in [0.717, 1.165) is 6.42 Å². The largest absolute Gasteiger partial charge is 0.327 e. The summed E-state index contributed by atoms with van der Waals surface area (Å²) in [5, 5.41) is 0.153. The van der Waals surface area contributed by atoms with Crippen LogP contribution in [0.3, 0.4) is 0 Å². The molecule has 0 aromatic rings. The molecule has 0 aliphatic carbocycles. The fraction of sp³-hybridized carbons (Fsp3) is 1.00. The zero-order valence-electron chi connectivity index (χ0n) is 5.23. The van der Waals surface area contributed by atoms with Gasteiger partial charge in [-0.2, -0.15) is 0 Å². The molecule has 0 saturated heterocycles. The molecule has 0 aliphatic rings. The maximum absolute atomic E-state index is 5.68. The van der Waals surface area contributed by atoms with Crippen LogP contribution in [0.2, 0.25) is 0 Å². The second-order valence-corrected chi connectivity index (χ2v) is 2.34. The van der Waals surface area contributed by atoms with Gasteiger partial charge in [-0.3, -0.25) is 0 Å². The second-order valence-electron chi connectivity index (χ2n) is 1.78. The predicted octanol–water partition coefficient (Wildman–Crippen LogP) is 1.77. The topological polar surface area (TPSA) is 26.0 Å². The third-order valence-electron chi connectivity index (χ3n) is 0.961. The van der Waals surface area contributed by atoms with Gasteiger partial charge in [0, 0.05) is 11.4 Å². The Morgan fingerprint density at radius 3 is 2.00 bits per heavy atom. The minimum Gasteiger partial charge on any atom is -0.327 e. The lowest BCUT2D eigenvalue weighted by Crippen LogP contribution is -2.26. The molecule has 0 radical (unpaired) electrons. The fourth-order valence-corrected chi connectivity index (χ4v) is 0.372. The number of alkyl halides is 1. The number of halogens is 2. The highest BCUT2D eigenvalue weighted by Gasteiger charge is 2.04. The zero-order chi connectivity index (χ0) is 5.86. The molecule has 8 heavy (non-hydrogen) atoms. The van der Waals surface area contributed by atoms with E-state index < -0.39 is 0 Å². The Kier molecular flexibility index (Phi) is 8.05. The molecule has 0 aromatic carbocycles. The summed E-state index contributed by atoms with van der Waals surface area (Å²) in [6.45, 7) is 3.95. The summed E-state index contributed by atoms with van der Waals surface area (Å²) in [5.41, 5.74) is 5.41. The highest BCUT2D eigenvalue weighted by atomic mass is 35.5. The summed E-state index contributed by atoms with van der Waals surface area (Å²) in [7, 11) is 0. The van der Waals surface area contributed by atoms with Crippen molar-refractivity contribution in [2.24, 2.45) is 5.73 Å².